The summed E-state index contributed by atoms with van der Waals surface area (Å²) in [5.41, 5.74) is 2.49. The number of nitrogens with zero attached hydrogens (tertiary/aromatic N) is 4. The Kier molecular flexibility index (Phi) is 17.7. The van der Waals surface area contributed by atoms with Gasteiger partial charge in [-0.05, 0) is 66.8 Å². The minimum Gasteiger partial charge on any atom is -0.356 e. The second-order valence-corrected chi connectivity index (χ2v) is 13.0. The fourth-order valence-electron chi connectivity index (χ4n) is 3.23. The van der Waals surface area contributed by atoms with Gasteiger partial charge in [0.1, 0.15) is 0 Å². The van der Waals surface area contributed by atoms with Crippen molar-refractivity contribution < 1.29 is 26.7 Å². The van der Waals surface area contributed by atoms with Gasteiger partial charge in [0, 0.05) is 14.5 Å². The number of pyridine rings is 1. The molecular weight excluding hydrogens is 470 g/mol. The Hall–Kier alpha value is -1.57. The van der Waals surface area contributed by atoms with Crippen LogP contribution in [0.3, 0.4) is 0 Å². The predicted molar refractivity (Wildman–Crippen MR) is 123 cm³/mol. The van der Waals surface area contributed by atoms with Gasteiger partial charge in [0.2, 0.25) is 0 Å². The van der Waals surface area contributed by atoms with Gasteiger partial charge in [0.15, 0.2) is 0 Å². The largest absolute Gasteiger partial charge is 3.00 e. The molecule has 0 atom stereocenters. The molecule has 1 heterocycles. The minimum absolute atomic E-state index is 0. The summed E-state index contributed by atoms with van der Waals surface area (Å²) >= 11 is 0. The Bertz CT molecular complexity index is 615. The molecule has 1 radical (unpaired) electrons. The van der Waals surface area contributed by atoms with E-state index in [0.29, 0.717) is 10.3 Å². The summed E-state index contributed by atoms with van der Waals surface area (Å²) in [7, 11) is -0.559. The number of hydrogen-bond donors (Lipinski definition) is 0. The second kappa shape index (κ2) is 16.1. The van der Waals surface area contributed by atoms with Crippen molar-refractivity contribution in [3.63, 3.8) is 0 Å². The molecule has 10 nitrogen and oxygen atoms in total. The Morgan fingerprint density at radius 2 is 1.23 bits per heavy atom. The number of aromatic nitrogens is 1. The maximum absolute atomic E-state index is 8.25. The third-order valence-electron chi connectivity index (χ3n) is 4.31. The quantitative estimate of drug-likeness (QED) is 0.232. The summed E-state index contributed by atoms with van der Waals surface area (Å²) in [6.07, 6.45) is 1.16. The first-order chi connectivity index (χ1) is 13.5. The van der Waals surface area contributed by atoms with Crippen molar-refractivity contribution in [1.29, 1.82) is 0 Å². The standard InChI is InChI=1S/C19H35N2P.2NO3.Ni/c1-9-21(10-2)14-16-12-11-13-17(20-16)15-22(18(3,4)5)19(6,7)8;2*2-1(3)4;/h11-13H,9-10,14-15H2,1-8H3;;;/q;2*-1;+3/p+1. The molecule has 0 N–H and O–H groups in total. The molecular formula is C19H36N4NiO6P+2. The molecule has 0 aliphatic heterocycles. The zero-order valence-electron chi connectivity index (χ0n) is 19.6. The molecule has 0 fully saturated rings. The topological polar surface area (TPSA) is 149 Å². The summed E-state index contributed by atoms with van der Waals surface area (Å²) in [5, 5.41) is 30.3. The minimum atomic E-state index is -1.75. The summed E-state index contributed by atoms with van der Waals surface area (Å²) in [6.45, 7) is 21.9. The zero-order valence-corrected chi connectivity index (χ0v) is 21.6. The smallest absolute Gasteiger partial charge is 0.356 e. The third-order valence-corrected chi connectivity index (χ3v) is 8.65. The molecule has 0 saturated heterocycles. The van der Waals surface area contributed by atoms with E-state index >= 15 is 0 Å². The summed E-state index contributed by atoms with van der Waals surface area (Å²) < 4.78 is 0. The number of hydrogen-bond acceptors (Lipinski definition) is 8. The van der Waals surface area contributed by atoms with Crippen LogP contribution in [0.15, 0.2) is 18.2 Å². The van der Waals surface area contributed by atoms with E-state index in [1.165, 1.54) is 11.4 Å². The van der Waals surface area contributed by atoms with E-state index in [0.717, 1.165) is 25.8 Å². The van der Waals surface area contributed by atoms with E-state index in [1.54, 1.807) is 0 Å². The molecule has 0 aliphatic rings. The van der Waals surface area contributed by atoms with Gasteiger partial charge in [-0.1, -0.05) is 19.9 Å². The molecule has 1 aromatic rings. The van der Waals surface area contributed by atoms with Crippen molar-refractivity contribution in [3.8, 4) is 0 Å². The van der Waals surface area contributed by atoms with Gasteiger partial charge < -0.3 is 30.6 Å². The summed E-state index contributed by atoms with van der Waals surface area (Å²) in [5.74, 6) is 0. The third kappa shape index (κ3) is 18.9. The van der Waals surface area contributed by atoms with Crippen molar-refractivity contribution >= 4 is 7.92 Å². The average molecular weight is 506 g/mol. The Balaban J connectivity index is -0.000000747. The zero-order chi connectivity index (χ0) is 24.1. The van der Waals surface area contributed by atoms with Crippen LogP contribution in [-0.4, -0.2) is 43.5 Å². The van der Waals surface area contributed by atoms with Gasteiger partial charge in [-0.25, -0.2) is 0 Å². The van der Waals surface area contributed by atoms with E-state index in [4.69, 9.17) is 35.6 Å². The van der Waals surface area contributed by atoms with E-state index < -0.39 is 18.1 Å². The molecule has 0 bridgehead atoms. The maximum Gasteiger partial charge on any atom is 3.00 e. The van der Waals surface area contributed by atoms with Crippen molar-refractivity contribution in [2.75, 3.05) is 13.1 Å². The van der Waals surface area contributed by atoms with Gasteiger partial charge in [0.25, 0.3) is 0 Å². The average Bonchev–Trinajstić information content (AvgIpc) is 2.55. The SMILES string of the molecule is CCN(CC)Cc1cccc(C[PH+](C(C)(C)C)C(C)(C)C)n1.O=[N+]([O-])[O-].O=[N+]([O-])[O-].[Ni+3]. The first kappa shape index (κ1) is 34.1. The van der Waals surface area contributed by atoms with Crippen LogP contribution in [-0.2, 0) is 29.2 Å². The van der Waals surface area contributed by atoms with Gasteiger partial charge in [0.05, 0.1) is 38.0 Å². The molecule has 12 heteroatoms. The first-order valence-electron chi connectivity index (χ1n) is 9.71. The van der Waals surface area contributed by atoms with E-state index in [9.17, 15) is 0 Å². The molecule has 0 aliphatic carbocycles. The molecule has 0 spiro atoms. The molecule has 0 aromatic carbocycles. The van der Waals surface area contributed by atoms with E-state index in [2.05, 4.69) is 78.5 Å². The Labute approximate surface area is 196 Å². The fraction of sp³-hybridized carbons (Fsp3) is 0.737. The van der Waals surface area contributed by atoms with Gasteiger partial charge in [-0.15, -0.1) is 0 Å². The summed E-state index contributed by atoms with van der Waals surface area (Å²) in [6, 6.07) is 6.57. The van der Waals surface area contributed by atoms with Crippen LogP contribution in [0.4, 0.5) is 0 Å². The molecule has 0 unspecified atom stereocenters. The van der Waals surface area contributed by atoms with Crippen molar-refractivity contribution in [2.45, 2.75) is 78.4 Å². The number of rotatable bonds is 6. The monoisotopic (exact) mass is 505 g/mol. The Morgan fingerprint density at radius 1 is 0.871 bits per heavy atom. The van der Waals surface area contributed by atoms with Crippen molar-refractivity contribution in [1.82, 2.24) is 9.88 Å². The van der Waals surface area contributed by atoms with E-state index in [-0.39, 0.29) is 16.5 Å². The van der Waals surface area contributed by atoms with Crippen LogP contribution in [0.2, 0.25) is 0 Å². The van der Waals surface area contributed by atoms with Crippen LogP contribution in [0.25, 0.3) is 0 Å². The van der Waals surface area contributed by atoms with Crippen LogP contribution < -0.4 is 0 Å². The second-order valence-electron chi connectivity index (χ2n) is 8.68. The van der Waals surface area contributed by atoms with Gasteiger partial charge >= 0.3 is 16.5 Å². The van der Waals surface area contributed by atoms with Crippen molar-refractivity contribution in [3.05, 3.63) is 60.2 Å². The normalized spacial score (nSPS) is 10.9. The first-order valence-corrected chi connectivity index (χ1v) is 11.4. The molecule has 1 aromatic heterocycles. The molecule has 0 amide bonds. The van der Waals surface area contributed by atoms with Crippen LogP contribution in [0.5, 0.6) is 0 Å². The molecule has 181 valence electrons. The molecule has 0 saturated carbocycles. The summed E-state index contributed by atoms with van der Waals surface area (Å²) in [4.78, 5) is 23.9. The maximum atomic E-state index is 8.25. The molecule has 31 heavy (non-hydrogen) atoms. The van der Waals surface area contributed by atoms with Crippen LogP contribution in [0.1, 0.15) is 66.8 Å². The fourth-order valence-corrected chi connectivity index (χ4v) is 7.10. The van der Waals surface area contributed by atoms with Gasteiger partial charge in [-0.3, -0.25) is 9.88 Å². The molecule has 1 rings (SSSR count). The predicted octanol–water partition coefficient (Wildman–Crippen LogP) is 4.75. The van der Waals surface area contributed by atoms with Crippen molar-refractivity contribution in [2.24, 2.45) is 0 Å². The van der Waals surface area contributed by atoms with Gasteiger partial charge in [-0.2, -0.15) is 0 Å². The van der Waals surface area contributed by atoms with E-state index in [1.807, 2.05) is 0 Å². The Morgan fingerprint density at radius 3 is 1.55 bits per heavy atom. The van der Waals surface area contributed by atoms with Crippen LogP contribution in [0, 0.1) is 30.6 Å². The van der Waals surface area contributed by atoms with Crippen LogP contribution >= 0.6 is 7.92 Å².